The summed E-state index contributed by atoms with van der Waals surface area (Å²) in [5.41, 5.74) is 0.490. The Morgan fingerprint density at radius 3 is 2.20 bits per heavy atom. The Balaban J connectivity index is 1.89. The van der Waals surface area contributed by atoms with Gasteiger partial charge in [-0.25, -0.2) is 8.42 Å². The van der Waals surface area contributed by atoms with Gasteiger partial charge in [-0.1, -0.05) is 13.8 Å². The summed E-state index contributed by atoms with van der Waals surface area (Å²) in [5, 5.41) is 5.43. The van der Waals surface area contributed by atoms with Crippen molar-refractivity contribution in [2.24, 2.45) is 5.92 Å². The lowest BCUT2D eigenvalue weighted by Gasteiger charge is -2.33. The second-order valence-corrected chi connectivity index (χ2v) is 9.83. The lowest BCUT2D eigenvalue weighted by Crippen LogP contribution is -2.49. The molecule has 0 saturated carbocycles. The number of anilines is 1. The molecule has 0 aromatic heterocycles. The molecule has 2 rings (SSSR count). The van der Waals surface area contributed by atoms with Gasteiger partial charge in [0.15, 0.2) is 0 Å². The van der Waals surface area contributed by atoms with Crippen LogP contribution in [-0.2, 0) is 24.4 Å². The minimum Gasteiger partial charge on any atom is -0.352 e. The maximum atomic E-state index is 12.7. The van der Waals surface area contributed by atoms with Crippen LogP contribution in [0.25, 0.3) is 0 Å². The lowest BCUT2D eigenvalue weighted by molar-refractivity contribution is -0.135. The van der Waals surface area contributed by atoms with Crippen molar-refractivity contribution < 1.29 is 22.8 Å². The average Bonchev–Trinajstić information content (AvgIpc) is 2.67. The fourth-order valence-electron chi connectivity index (χ4n) is 3.26. The molecule has 0 atom stereocenters. The Kier molecular flexibility index (Phi) is 7.96. The number of amides is 3. The molecule has 1 saturated heterocycles. The van der Waals surface area contributed by atoms with Gasteiger partial charge in [-0.3, -0.25) is 14.4 Å². The van der Waals surface area contributed by atoms with Gasteiger partial charge in [0.05, 0.1) is 11.4 Å². The maximum Gasteiger partial charge on any atom is 0.243 e. The smallest absolute Gasteiger partial charge is 0.243 e. The molecule has 1 heterocycles. The number of hydrogen-bond donors (Lipinski definition) is 2. The summed E-state index contributed by atoms with van der Waals surface area (Å²) in [6.07, 6.45) is 1.29. The predicted molar refractivity (Wildman–Crippen MR) is 113 cm³/mol. The van der Waals surface area contributed by atoms with Gasteiger partial charge >= 0.3 is 0 Å². The molecule has 3 amide bonds. The molecule has 1 fully saturated rings. The van der Waals surface area contributed by atoms with Gasteiger partial charge < -0.3 is 15.5 Å². The molecule has 2 N–H and O–H groups in total. The van der Waals surface area contributed by atoms with Crippen LogP contribution in [0.2, 0.25) is 0 Å². The van der Waals surface area contributed by atoms with Crippen LogP contribution < -0.4 is 10.6 Å². The zero-order valence-corrected chi connectivity index (χ0v) is 18.7. The molecule has 1 aromatic rings. The van der Waals surface area contributed by atoms with Crippen LogP contribution in [-0.4, -0.2) is 68.1 Å². The molecular weight excluding hydrogens is 408 g/mol. The van der Waals surface area contributed by atoms with Crippen molar-refractivity contribution in [1.29, 1.82) is 0 Å². The van der Waals surface area contributed by atoms with E-state index < -0.39 is 10.0 Å². The second-order valence-electron chi connectivity index (χ2n) is 7.79. The van der Waals surface area contributed by atoms with E-state index in [1.165, 1.54) is 38.2 Å². The Morgan fingerprint density at radius 2 is 1.70 bits per heavy atom. The van der Waals surface area contributed by atoms with E-state index >= 15 is 0 Å². The van der Waals surface area contributed by atoms with E-state index in [0.717, 1.165) is 4.31 Å². The highest BCUT2D eigenvalue weighted by molar-refractivity contribution is 7.89. The summed E-state index contributed by atoms with van der Waals surface area (Å²) in [4.78, 5) is 37.3. The molecule has 1 aromatic carbocycles. The van der Waals surface area contributed by atoms with E-state index in [-0.39, 0.29) is 41.1 Å². The molecule has 10 heteroatoms. The zero-order chi connectivity index (χ0) is 22.5. The fraction of sp³-hybridized carbons (Fsp3) is 0.550. The van der Waals surface area contributed by atoms with E-state index in [2.05, 4.69) is 10.6 Å². The van der Waals surface area contributed by atoms with Crippen LogP contribution in [0.5, 0.6) is 0 Å². The van der Waals surface area contributed by atoms with Crippen LogP contribution in [0, 0.1) is 5.92 Å². The highest BCUT2D eigenvalue weighted by Crippen LogP contribution is 2.18. The van der Waals surface area contributed by atoms with Crippen molar-refractivity contribution in [1.82, 2.24) is 14.5 Å². The molecule has 0 unspecified atom stereocenters. The van der Waals surface area contributed by atoms with Gasteiger partial charge in [0.1, 0.15) is 0 Å². The second kappa shape index (κ2) is 10.0. The number of sulfonamides is 1. The molecule has 0 radical (unpaired) electrons. The highest BCUT2D eigenvalue weighted by atomic mass is 32.2. The van der Waals surface area contributed by atoms with Crippen molar-refractivity contribution in [3.05, 3.63) is 24.3 Å². The molecule has 1 aliphatic heterocycles. The Morgan fingerprint density at radius 1 is 1.13 bits per heavy atom. The third-order valence-electron chi connectivity index (χ3n) is 4.91. The Hall–Kier alpha value is -2.46. The number of likely N-dealkylation sites (tertiary alicyclic amines) is 1. The van der Waals surface area contributed by atoms with Gasteiger partial charge in [0.25, 0.3) is 0 Å². The number of benzene rings is 1. The van der Waals surface area contributed by atoms with E-state index in [4.69, 9.17) is 0 Å². The van der Waals surface area contributed by atoms with Crippen LogP contribution in [0.3, 0.4) is 0 Å². The third-order valence-corrected chi connectivity index (χ3v) is 6.73. The number of hydrogen-bond acceptors (Lipinski definition) is 5. The monoisotopic (exact) mass is 438 g/mol. The number of carbonyl (C=O) groups is 3. The summed E-state index contributed by atoms with van der Waals surface area (Å²) in [7, 11) is -2.49. The number of likely N-dealkylation sites (N-methyl/N-ethyl adjacent to an activating group) is 1. The Labute approximate surface area is 177 Å². The first-order valence-corrected chi connectivity index (χ1v) is 11.4. The number of rotatable bonds is 7. The topological polar surface area (TPSA) is 116 Å². The molecule has 166 valence electrons. The normalized spacial score (nSPS) is 15.3. The van der Waals surface area contributed by atoms with Crippen molar-refractivity contribution in [2.45, 2.75) is 44.6 Å². The van der Waals surface area contributed by atoms with Crippen molar-refractivity contribution in [3.63, 3.8) is 0 Å². The summed E-state index contributed by atoms with van der Waals surface area (Å²) >= 11 is 0. The largest absolute Gasteiger partial charge is 0.352 e. The first-order chi connectivity index (χ1) is 14.0. The van der Waals surface area contributed by atoms with E-state index in [1.54, 1.807) is 4.90 Å². The predicted octanol–water partition coefficient (Wildman–Crippen LogP) is 1.03. The molecule has 30 heavy (non-hydrogen) atoms. The van der Waals surface area contributed by atoms with E-state index in [1.807, 2.05) is 13.8 Å². The lowest BCUT2D eigenvalue weighted by atomic mass is 10.0. The van der Waals surface area contributed by atoms with E-state index in [0.29, 0.717) is 31.6 Å². The van der Waals surface area contributed by atoms with Crippen molar-refractivity contribution in [3.8, 4) is 0 Å². The van der Waals surface area contributed by atoms with Crippen molar-refractivity contribution >= 4 is 33.4 Å². The van der Waals surface area contributed by atoms with Gasteiger partial charge in [-0.15, -0.1) is 0 Å². The van der Waals surface area contributed by atoms with E-state index in [9.17, 15) is 22.8 Å². The van der Waals surface area contributed by atoms with Gasteiger partial charge in [-0.05, 0) is 37.1 Å². The summed E-state index contributed by atoms with van der Waals surface area (Å²) < 4.78 is 26.4. The first-order valence-electron chi connectivity index (χ1n) is 9.93. The summed E-state index contributed by atoms with van der Waals surface area (Å²) in [6, 6.07) is 5.68. The SMILES string of the molecule is CC(=O)Nc1ccc(S(=O)(=O)N(C)CC(=O)NC2CCN(C(=O)C(C)C)CC2)cc1. The molecular formula is C20H30N4O5S. The molecule has 0 bridgehead atoms. The van der Waals surface area contributed by atoms with Crippen LogP contribution >= 0.6 is 0 Å². The minimum absolute atomic E-state index is 0.0346. The summed E-state index contributed by atoms with van der Waals surface area (Å²) in [6.45, 7) is 5.94. The number of piperidine rings is 1. The molecule has 1 aliphatic rings. The van der Waals surface area contributed by atoms with Crippen LogP contribution in [0.4, 0.5) is 5.69 Å². The standard InChI is InChI=1S/C20H30N4O5S/c1-14(2)20(27)24-11-9-17(10-12-24)22-19(26)13-23(4)30(28,29)18-7-5-16(6-8-18)21-15(3)25/h5-8,14,17H,9-13H2,1-4H3,(H,21,25)(H,22,26). The average molecular weight is 439 g/mol. The fourth-order valence-corrected chi connectivity index (χ4v) is 4.39. The van der Waals surface area contributed by atoms with Gasteiger partial charge in [0, 0.05) is 44.7 Å². The minimum atomic E-state index is -3.84. The quantitative estimate of drug-likeness (QED) is 0.660. The van der Waals surface area contributed by atoms with Crippen LogP contribution in [0.1, 0.15) is 33.6 Å². The third kappa shape index (κ3) is 6.27. The number of carbonyl (C=O) groups excluding carboxylic acids is 3. The maximum absolute atomic E-state index is 12.7. The molecule has 0 spiro atoms. The van der Waals surface area contributed by atoms with Gasteiger partial charge in [-0.2, -0.15) is 4.31 Å². The number of nitrogens with zero attached hydrogens (tertiary/aromatic N) is 2. The Bertz CT molecular complexity index is 875. The highest BCUT2D eigenvalue weighted by Gasteiger charge is 2.27. The molecule has 9 nitrogen and oxygen atoms in total. The first kappa shape index (κ1) is 23.8. The summed E-state index contributed by atoms with van der Waals surface area (Å²) in [5.74, 6) is -0.583. The van der Waals surface area contributed by atoms with Gasteiger partial charge in [0.2, 0.25) is 27.7 Å². The van der Waals surface area contributed by atoms with Crippen LogP contribution in [0.15, 0.2) is 29.2 Å². The number of nitrogens with one attached hydrogen (secondary N) is 2. The van der Waals surface area contributed by atoms with Crippen molar-refractivity contribution in [2.75, 3.05) is 32.0 Å². The molecule has 0 aliphatic carbocycles. The zero-order valence-electron chi connectivity index (χ0n) is 17.8.